The van der Waals surface area contributed by atoms with Crippen molar-refractivity contribution in [1.82, 2.24) is 4.98 Å². The van der Waals surface area contributed by atoms with Gasteiger partial charge < -0.3 is 9.52 Å². The van der Waals surface area contributed by atoms with Gasteiger partial charge in [0.25, 0.3) is 0 Å². The highest BCUT2D eigenvalue weighted by Gasteiger charge is 2.07. The van der Waals surface area contributed by atoms with Crippen LogP contribution in [0.1, 0.15) is 31.2 Å². The molecule has 0 aliphatic carbocycles. The second kappa shape index (κ2) is 8.03. The first-order valence-electron chi connectivity index (χ1n) is 7.47. The van der Waals surface area contributed by atoms with Crippen LogP contribution < -0.4 is 0 Å². The van der Waals surface area contributed by atoms with E-state index in [1.165, 1.54) is 0 Å². The maximum atomic E-state index is 9.84. The molecule has 3 nitrogen and oxygen atoms in total. The van der Waals surface area contributed by atoms with Gasteiger partial charge in [-0.05, 0) is 37.1 Å². The van der Waals surface area contributed by atoms with E-state index in [0.29, 0.717) is 17.0 Å². The Morgan fingerprint density at radius 2 is 2.14 bits per heavy atom. The Morgan fingerprint density at radius 1 is 1.32 bits per heavy atom. The molecular formula is C19H21NO2. The van der Waals surface area contributed by atoms with E-state index in [-0.39, 0.29) is 5.76 Å². The highest BCUT2D eigenvalue weighted by atomic mass is 16.3. The van der Waals surface area contributed by atoms with Crippen LogP contribution in [0.2, 0.25) is 0 Å². The van der Waals surface area contributed by atoms with Crippen LogP contribution in [0, 0.1) is 0 Å². The molecule has 22 heavy (non-hydrogen) atoms. The van der Waals surface area contributed by atoms with Gasteiger partial charge in [-0.3, -0.25) is 0 Å². The normalized spacial score (nSPS) is 12.7. The molecule has 114 valence electrons. The summed E-state index contributed by atoms with van der Waals surface area (Å²) in [6, 6.07) is 5.46. The average Bonchev–Trinajstić information content (AvgIpc) is 2.92. The van der Waals surface area contributed by atoms with Crippen LogP contribution in [-0.4, -0.2) is 10.1 Å². The van der Waals surface area contributed by atoms with Crippen LogP contribution in [0.25, 0.3) is 16.9 Å². The molecule has 0 aliphatic heterocycles. The highest BCUT2D eigenvalue weighted by Crippen LogP contribution is 2.21. The molecule has 0 radical (unpaired) electrons. The molecule has 3 heteroatoms. The first-order chi connectivity index (χ1) is 10.7. The van der Waals surface area contributed by atoms with E-state index >= 15 is 0 Å². The summed E-state index contributed by atoms with van der Waals surface area (Å²) in [4.78, 5) is 4.45. The summed E-state index contributed by atoms with van der Waals surface area (Å²) in [7, 11) is 0. The minimum atomic E-state index is 0.167. The monoisotopic (exact) mass is 295 g/mol. The molecule has 1 aromatic carbocycles. The average molecular weight is 295 g/mol. The Bertz CT molecular complexity index is 720. The summed E-state index contributed by atoms with van der Waals surface area (Å²) in [5.74, 6) is 0.879. The number of oxazole rings is 1. The van der Waals surface area contributed by atoms with Gasteiger partial charge in [-0.1, -0.05) is 43.9 Å². The summed E-state index contributed by atoms with van der Waals surface area (Å²) in [6.45, 7) is 5.68. The van der Waals surface area contributed by atoms with E-state index in [4.69, 9.17) is 4.42 Å². The van der Waals surface area contributed by atoms with E-state index in [1.54, 1.807) is 18.2 Å². The largest absolute Gasteiger partial charge is 0.507 e. The Morgan fingerprint density at radius 3 is 2.91 bits per heavy atom. The van der Waals surface area contributed by atoms with Crippen molar-refractivity contribution in [2.75, 3.05) is 0 Å². The van der Waals surface area contributed by atoms with Crippen LogP contribution in [0.4, 0.5) is 0 Å². The highest BCUT2D eigenvalue weighted by molar-refractivity contribution is 5.77. The van der Waals surface area contributed by atoms with Gasteiger partial charge in [-0.2, -0.15) is 0 Å². The van der Waals surface area contributed by atoms with E-state index in [1.807, 2.05) is 24.3 Å². The minimum absolute atomic E-state index is 0.167. The standard InChI is InChI=1S/C19H21NO2/c1-3-5-6-7-8-9-11-19-20-16-13-12-15(14-18(16)22-19)17(21)10-4-2/h4-8,10,12-14,21H,2-3,9,11H2,1H3/b6-5-,8-7+,17-10-. The van der Waals surface area contributed by atoms with E-state index in [2.05, 4.69) is 30.6 Å². The number of nitrogens with zero attached hydrogens (tertiary/aromatic N) is 1. The van der Waals surface area contributed by atoms with Gasteiger partial charge >= 0.3 is 0 Å². The topological polar surface area (TPSA) is 46.3 Å². The summed E-state index contributed by atoms with van der Waals surface area (Å²) in [5.41, 5.74) is 2.19. The van der Waals surface area contributed by atoms with E-state index in [9.17, 15) is 5.11 Å². The molecule has 2 rings (SSSR count). The molecule has 0 amide bonds. The number of fused-ring (bicyclic) bond motifs is 1. The van der Waals surface area contributed by atoms with E-state index < -0.39 is 0 Å². The van der Waals surface area contributed by atoms with Crippen molar-refractivity contribution in [2.45, 2.75) is 26.2 Å². The smallest absolute Gasteiger partial charge is 0.195 e. The van der Waals surface area contributed by atoms with Crippen LogP contribution >= 0.6 is 0 Å². The Labute approximate surface area is 131 Å². The number of benzene rings is 1. The van der Waals surface area contributed by atoms with Crippen molar-refractivity contribution in [2.24, 2.45) is 0 Å². The summed E-state index contributed by atoms with van der Waals surface area (Å²) >= 11 is 0. The van der Waals surface area contributed by atoms with Gasteiger partial charge in [0.1, 0.15) is 11.3 Å². The molecule has 1 N–H and O–H groups in total. The van der Waals surface area contributed by atoms with Crippen LogP contribution in [0.5, 0.6) is 0 Å². The quantitative estimate of drug-likeness (QED) is 0.552. The van der Waals surface area contributed by atoms with Crippen molar-refractivity contribution in [3.63, 3.8) is 0 Å². The first kappa shape index (κ1) is 15.8. The maximum Gasteiger partial charge on any atom is 0.195 e. The lowest BCUT2D eigenvalue weighted by atomic mass is 10.1. The number of aliphatic hydroxyl groups excluding tert-OH is 1. The van der Waals surface area contributed by atoms with Gasteiger partial charge in [0.15, 0.2) is 11.5 Å². The predicted molar refractivity (Wildman–Crippen MR) is 91.7 cm³/mol. The summed E-state index contributed by atoms with van der Waals surface area (Å²) in [5, 5.41) is 9.84. The molecule has 1 heterocycles. The van der Waals surface area contributed by atoms with Crippen LogP contribution in [0.3, 0.4) is 0 Å². The fraction of sp³-hybridized carbons (Fsp3) is 0.211. The molecule has 0 saturated carbocycles. The summed E-state index contributed by atoms with van der Waals surface area (Å²) in [6.07, 6.45) is 14.1. The van der Waals surface area contributed by atoms with E-state index in [0.717, 1.165) is 24.8 Å². The zero-order valence-corrected chi connectivity index (χ0v) is 12.8. The van der Waals surface area contributed by atoms with Crippen LogP contribution in [-0.2, 0) is 6.42 Å². The van der Waals surface area contributed by atoms with Crippen LogP contribution in [0.15, 0.2) is 65.7 Å². The number of aliphatic hydroxyl groups is 1. The van der Waals surface area contributed by atoms with Crippen molar-refractivity contribution >= 4 is 16.9 Å². The first-order valence-corrected chi connectivity index (χ1v) is 7.47. The molecule has 0 atom stereocenters. The number of rotatable bonds is 7. The molecule has 1 aromatic heterocycles. The zero-order chi connectivity index (χ0) is 15.8. The van der Waals surface area contributed by atoms with Gasteiger partial charge in [0.05, 0.1) is 0 Å². The van der Waals surface area contributed by atoms with Crippen molar-refractivity contribution in [3.05, 3.63) is 72.7 Å². The number of aromatic nitrogens is 1. The lowest BCUT2D eigenvalue weighted by Crippen LogP contribution is -1.82. The van der Waals surface area contributed by atoms with Gasteiger partial charge in [-0.25, -0.2) is 4.98 Å². The van der Waals surface area contributed by atoms with Gasteiger partial charge in [0, 0.05) is 12.0 Å². The molecule has 0 fully saturated rings. The molecule has 0 bridgehead atoms. The number of allylic oxidation sites excluding steroid dienone is 6. The number of hydrogen-bond acceptors (Lipinski definition) is 3. The molecule has 0 aliphatic rings. The third kappa shape index (κ3) is 4.22. The lowest BCUT2D eigenvalue weighted by Gasteiger charge is -1.97. The van der Waals surface area contributed by atoms with Crippen molar-refractivity contribution < 1.29 is 9.52 Å². The second-order valence-corrected chi connectivity index (χ2v) is 4.88. The number of hydrogen-bond donors (Lipinski definition) is 1. The summed E-state index contributed by atoms with van der Waals surface area (Å²) < 4.78 is 5.74. The zero-order valence-electron chi connectivity index (χ0n) is 12.8. The second-order valence-electron chi connectivity index (χ2n) is 4.88. The third-order valence-corrected chi connectivity index (χ3v) is 3.15. The molecule has 0 saturated heterocycles. The Hall–Kier alpha value is -2.55. The Balaban J connectivity index is 2.07. The van der Waals surface area contributed by atoms with Gasteiger partial charge in [-0.15, -0.1) is 0 Å². The van der Waals surface area contributed by atoms with Gasteiger partial charge in [0.2, 0.25) is 0 Å². The number of aryl methyl sites for hydroxylation is 1. The Kier molecular flexibility index (Phi) is 5.78. The van der Waals surface area contributed by atoms with Crippen molar-refractivity contribution in [1.29, 1.82) is 0 Å². The fourth-order valence-electron chi connectivity index (χ4n) is 2.04. The van der Waals surface area contributed by atoms with Crippen molar-refractivity contribution in [3.8, 4) is 0 Å². The third-order valence-electron chi connectivity index (χ3n) is 3.15. The maximum absolute atomic E-state index is 9.84. The minimum Gasteiger partial charge on any atom is -0.507 e. The SMILES string of the molecule is C=C/C=C(\O)c1ccc2nc(CC/C=C/C=C\CC)oc2c1. The predicted octanol–water partition coefficient (Wildman–Crippen LogP) is 5.37. The molecular weight excluding hydrogens is 274 g/mol. The fourth-order valence-corrected chi connectivity index (χ4v) is 2.04. The molecule has 0 unspecified atom stereocenters. The molecule has 2 aromatic rings. The lowest BCUT2D eigenvalue weighted by molar-refractivity contribution is 0.510. The molecule has 0 spiro atoms.